The maximum Gasteiger partial charge on any atom is 0.165 e. The molecule has 1 aliphatic heterocycles. The van der Waals surface area contributed by atoms with E-state index in [1.807, 2.05) is 48.5 Å². The number of carbonyl (C=O) groups is 1. The number of hydrazine groups is 1. The minimum absolute atomic E-state index is 0.203. The van der Waals surface area contributed by atoms with Crippen LogP contribution in [0.15, 0.2) is 76.4 Å². The van der Waals surface area contributed by atoms with E-state index in [1.165, 1.54) is 5.56 Å². The van der Waals surface area contributed by atoms with E-state index in [4.69, 9.17) is 0 Å². The van der Waals surface area contributed by atoms with Crippen LogP contribution in [-0.2, 0) is 4.79 Å². The molecule has 1 atom stereocenters. The number of hydrogen-bond acceptors (Lipinski definition) is 3. The molecule has 1 heterocycles. The Morgan fingerprint density at radius 2 is 1.67 bits per heavy atom. The summed E-state index contributed by atoms with van der Waals surface area (Å²) in [6.45, 7) is 0. The zero-order valence-corrected chi connectivity index (χ0v) is 14.6. The first kappa shape index (κ1) is 15.2. The maximum absolute atomic E-state index is 12.7. The summed E-state index contributed by atoms with van der Waals surface area (Å²) < 4.78 is 1.04. The largest absolute Gasteiger partial charge is 0.304 e. The highest BCUT2D eigenvalue weighted by atomic mass is 79.9. The molecule has 4 rings (SSSR count). The van der Waals surface area contributed by atoms with Crippen LogP contribution in [0.5, 0.6) is 0 Å². The Bertz CT molecular complexity index is 838. The van der Waals surface area contributed by atoms with E-state index in [-0.39, 0.29) is 11.7 Å². The van der Waals surface area contributed by atoms with Crippen molar-refractivity contribution >= 4 is 27.4 Å². The van der Waals surface area contributed by atoms with Gasteiger partial charge in [0.2, 0.25) is 0 Å². The van der Waals surface area contributed by atoms with Gasteiger partial charge in [-0.15, -0.1) is 0 Å². The molecule has 24 heavy (non-hydrogen) atoms. The Morgan fingerprint density at radius 1 is 0.917 bits per heavy atom. The summed E-state index contributed by atoms with van der Waals surface area (Å²) in [5, 5.41) is 0. The lowest BCUT2D eigenvalue weighted by Gasteiger charge is -2.30. The fraction of sp³-hybridized carbons (Fsp3) is 0.150. The van der Waals surface area contributed by atoms with Crippen LogP contribution < -0.4 is 10.9 Å². The monoisotopic (exact) mass is 380 g/mol. The lowest BCUT2D eigenvalue weighted by molar-refractivity contribution is -0.116. The lowest BCUT2D eigenvalue weighted by Crippen LogP contribution is -2.37. The van der Waals surface area contributed by atoms with Crippen molar-refractivity contribution in [3.63, 3.8) is 0 Å². The summed E-state index contributed by atoms with van der Waals surface area (Å²) in [5.41, 5.74) is 11.5. The number of carbonyl (C=O) groups excluding carboxylic acids is 1. The Balaban J connectivity index is 1.63. The molecule has 0 saturated heterocycles. The molecule has 0 fully saturated rings. The topological polar surface area (TPSA) is 41.1 Å². The van der Waals surface area contributed by atoms with Crippen molar-refractivity contribution in [3.8, 4) is 0 Å². The first-order chi connectivity index (χ1) is 11.7. The van der Waals surface area contributed by atoms with E-state index >= 15 is 0 Å². The second kappa shape index (κ2) is 6.29. The van der Waals surface area contributed by atoms with E-state index in [0.717, 1.165) is 33.4 Å². The number of ketones is 1. The van der Waals surface area contributed by atoms with Gasteiger partial charge >= 0.3 is 0 Å². The molecule has 2 aliphatic rings. The number of rotatable bonds is 2. The second-order valence-electron chi connectivity index (χ2n) is 6.15. The van der Waals surface area contributed by atoms with Crippen molar-refractivity contribution in [2.45, 2.75) is 18.8 Å². The molecule has 0 amide bonds. The third-order valence-corrected chi connectivity index (χ3v) is 5.10. The van der Waals surface area contributed by atoms with Crippen molar-refractivity contribution < 1.29 is 4.79 Å². The van der Waals surface area contributed by atoms with E-state index in [9.17, 15) is 4.79 Å². The van der Waals surface area contributed by atoms with Crippen molar-refractivity contribution in [1.82, 2.24) is 10.9 Å². The van der Waals surface area contributed by atoms with Crippen LogP contribution in [-0.4, -0.2) is 5.78 Å². The summed E-state index contributed by atoms with van der Waals surface area (Å²) in [6.07, 6.45) is 3.38. The fourth-order valence-corrected chi connectivity index (χ4v) is 3.55. The molecule has 3 nitrogen and oxygen atoms in total. The Morgan fingerprint density at radius 3 is 2.42 bits per heavy atom. The Hall–Kier alpha value is -2.33. The molecule has 2 aromatic rings. The van der Waals surface area contributed by atoms with Gasteiger partial charge in [-0.1, -0.05) is 58.4 Å². The van der Waals surface area contributed by atoms with E-state index < -0.39 is 0 Å². The number of Topliss-reactive ketones (excluding diaryl/α,β-unsaturated/α-hetero) is 1. The summed E-state index contributed by atoms with van der Waals surface area (Å²) >= 11 is 3.44. The van der Waals surface area contributed by atoms with Gasteiger partial charge in [0.1, 0.15) is 0 Å². The molecule has 0 radical (unpaired) electrons. The normalized spacial score (nSPS) is 20.0. The molecule has 0 saturated carbocycles. The quantitative estimate of drug-likeness (QED) is 0.815. The molecule has 1 aliphatic carbocycles. The van der Waals surface area contributed by atoms with Gasteiger partial charge in [-0.25, -0.2) is 0 Å². The van der Waals surface area contributed by atoms with Crippen LogP contribution in [0.4, 0.5) is 0 Å². The molecule has 120 valence electrons. The molecule has 0 spiro atoms. The number of halogens is 1. The molecule has 1 unspecified atom stereocenters. The lowest BCUT2D eigenvalue weighted by atomic mass is 9.81. The van der Waals surface area contributed by atoms with E-state index in [0.29, 0.717) is 6.42 Å². The van der Waals surface area contributed by atoms with Gasteiger partial charge in [0.05, 0.1) is 5.70 Å². The highest BCUT2D eigenvalue weighted by Gasteiger charge is 2.29. The number of allylic oxidation sites excluding steroid dienone is 3. The average molecular weight is 381 g/mol. The Labute approximate surface area is 149 Å². The fourth-order valence-electron chi connectivity index (χ4n) is 3.29. The third kappa shape index (κ3) is 2.89. The van der Waals surface area contributed by atoms with Crippen LogP contribution >= 0.6 is 15.9 Å². The highest BCUT2D eigenvalue weighted by Crippen LogP contribution is 2.35. The summed E-state index contributed by atoms with van der Waals surface area (Å²) in [6, 6.07) is 18.3. The first-order valence-corrected chi connectivity index (χ1v) is 8.81. The molecule has 2 aromatic carbocycles. The van der Waals surface area contributed by atoms with Gasteiger partial charge in [0, 0.05) is 22.2 Å². The SMILES string of the molecule is O=C1CC(c2ccccc2)CC2=C1C=C(c1ccc(Br)cc1)NN2. The van der Waals surface area contributed by atoms with Crippen LogP contribution in [0, 0.1) is 0 Å². The zero-order chi connectivity index (χ0) is 16.5. The first-order valence-electron chi connectivity index (χ1n) is 8.01. The molecule has 2 N–H and O–H groups in total. The maximum atomic E-state index is 12.7. The summed E-state index contributed by atoms with van der Waals surface area (Å²) in [4.78, 5) is 12.7. The van der Waals surface area contributed by atoms with Crippen molar-refractivity contribution in [1.29, 1.82) is 0 Å². The zero-order valence-electron chi connectivity index (χ0n) is 13.1. The van der Waals surface area contributed by atoms with Gasteiger partial charge in [0.15, 0.2) is 5.78 Å². The highest BCUT2D eigenvalue weighted by molar-refractivity contribution is 9.10. The van der Waals surface area contributed by atoms with Crippen LogP contribution in [0.25, 0.3) is 5.70 Å². The van der Waals surface area contributed by atoms with E-state index in [2.05, 4.69) is 38.9 Å². The number of hydrogen-bond donors (Lipinski definition) is 2. The van der Waals surface area contributed by atoms with Gasteiger partial charge < -0.3 is 10.9 Å². The van der Waals surface area contributed by atoms with Crippen molar-refractivity contribution in [2.24, 2.45) is 0 Å². The van der Waals surface area contributed by atoms with Crippen LogP contribution in [0.1, 0.15) is 29.9 Å². The standard InChI is InChI=1S/C20H17BrN2O/c21-16-8-6-14(7-9-16)18-12-17-19(23-22-18)10-15(11-20(17)24)13-4-2-1-3-5-13/h1-9,12,15,22-23H,10-11H2. The second-order valence-corrected chi connectivity index (χ2v) is 7.06. The van der Waals surface area contributed by atoms with Crippen molar-refractivity contribution in [3.05, 3.63) is 87.5 Å². The van der Waals surface area contributed by atoms with Crippen LogP contribution in [0.2, 0.25) is 0 Å². The number of nitrogens with one attached hydrogen (secondary N) is 2. The predicted molar refractivity (Wildman–Crippen MR) is 98.8 cm³/mol. The van der Waals surface area contributed by atoms with Gasteiger partial charge in [-0.05, 0) is 41.7 Å². The average Bonchev–Trinajstić information content (AvgIpc) is 2.63. The minimum Gasteiger partial charge on any atom is -0.304 e. The predicted octanol–water partition coefficient (Wildman–Crippen LogP) is 4.30. The summed E-state index contributed by atoms with van der Waals surface area (Å²) in [7, 11) is 0. The minimum atomic E-state index is 0.203. The van der Waals surface area contributed by atoms with Gasteiger partial charge in [0.25, 0.3) is 0 Å². The summed E-state index contributed by atoms with van der Waals surface area (Å²) in [5.74, 6) is 0.447. The smallest absolute Gasteiger partial charge is 0.165 e. The van der Waals surface area contributed by atoms with Crippen LogP contribution in [0.3, 0.4) is 0 Å². The van der Waals surface area contributed by atoms with Gasteiger partial charge in [-0.3, -0.25) is 4.79 Å². The number of benzene rings is 2. The molecular weight excluding hydrogens is 364 g/mol. The van der Waals surface area contributed by atoms with E-state index in [1.54, 1.807) is 0 Å². The molecule has 0 bridgehead atoms. The molecule has 4 heteroatoms. The van der Waals surface area contributed by atoms with Gasteiger partial charge in [-0.2, -0.15) is 0 Å². The molecular formula is C20H17BrN2O. The van der Waals surface area contributed by atoms with Crippen molar-refractivity contribution in [2.75, 3.05) is 0 Å². The Kier molecular flexibility index (Phi) is 3.98. The molecule has 0 aromatic heterocycles. The third-order valence-electron chi connectivity index (χ3n) is 4.57.